The summed E-state index contributed by atoms with van der Waals surface area (Å²) >= 11 is 0. The fourth-order valence-electron chi connectivity index (χ4n) is 3.36. The predicted octanol–water partition coefficient (Wildman–Crippen LogP) is 3.12. The molecular weight excluding hydrogens is 210 g/mol. The van der Waals surface area contributed by atoms with Crippen LogP contribution < -0.4 is 4.90 Å². The number of nitrogens with zero attached hydrogens (tertiary/aromatic N) is 1. The summed E-state index contributed by atoms with van der Waals surface area (Å²) in [5.41, 5.74) is 2.38. The third kappa shape index (κ3) is 1.95. The quantitative estimate of drug-likeness (QED) is 0.864. The summed E-state index contributed by atoms with van der Waals surface area (Å²) in [6.45, 7) is 3.25. The Hall–Kier alpha value is -1.02. The average molecular weight is 231 g/mol. The van der Waals surface area contributed by atoms with Gasteiger partial charge < -0.3 is 10.0 Å². The number of fused-ring (bicyclic) bond motifs is 2. The van der Waals surface area contributed by atoms with Crippen molar-refractivity contribution in [3.63, 3.8) is 0 Å². The average Bonchev–Trinajstić information content (AvgIpc) is 3.00. The van der Waals surface area contributed by atoms with Crippen molar-refractivity contribution in [2.45, 2.75) is 44.8 Å². The van der Waals surface area contributed by atoms with E-state index in [-0.39, 0.29) is 6.10 Å². The van der Waals surface area contributed by atoms with Crippen molar-refractivity contribution in [1.82, 2.24) is 0 Å². The zero-order valence-electron chi connectivity index (χ0n) is 10.5. The maximum absolute atomic E-state index is 9.78. The van der Waals surface area contributed by atoms with Crippen molar-refractivity contribution in [3.05, 3.63) is 29.8 Å². The molecule has 2 bridgehead atoms. The van der Waals surface area contributed by atoms with E-state index in [2.05, 4.69) is 29.2 Å². The second kappa shape index (κ2) is 4.34. The first-order valence-corrected chi connectivity index (χ1v) is 6.82. The summed E-state index contributed by atoms with van der Waals surface area (Å²) in [5.74, 6) is 0.931. The molecule has 1 aliphatic heterocycles. The van der Waals surface area contributed by atoms with Gasteiger partial charge in [-0.05, 0) is 49.3 Å². The lowest BCUT2D eigenvalue weighted by Gasteiger charge is -2.29. The van der Waals surface area contributed by atoms with E-state index in [1.165, 1.54) is 31.5 Å². The van der Waals surface area contributed by atoms with Crippen LogP contribution in [0.2, 0.25) is 0 Å². The first kappa shape index (κ1) is 11.1. The van der Waals surface area contributed by atoms with Gasteiger partial charge in [0.1, 0.15) is 0 Å². The molecular formula is C15H21NO. The van der Waals surface area contributed by atoms with Crippen LogP contribution in [0.3, 0.4) is 0 Å². The third-order valence-electron chi connectivity index (χ3n) is 4.41. The number of anilines is 1. The number of piperidine rings is 1. The third-order valence-corrected chi connectivity index (χ3v) is 4.41. The van der Waals surface area contributed by atoms with Crippen molar-refractivity contribution in [1.29, 1.82) is 0 Å². The minimum Gasteiger partial charge on any atom is -0.388 e. The van der Waals surface area contributed by atoms with Crippen LogP contribution in [0.4, 0.5) is 5.69 Å². The van der Waals surface area contributed by atoms with Crippen LogP contribution in [-0.2, 0) is 0 Å². The zero-order chi connectivity index (χ0) is 11.8. The number of rotatable bonds is 3. The lowest BCUT2D eigenvalue weighted by Crippen LogP contribution is -2.31. The molecule has 1 N–H and O–H groups in total. The van der Waals surface area contributed by atoms with Crippen LogP contribution in [0, 0.1) is 5.92 Å². The summed E-state index contributed by atoms with van der Waals surface area (Å²) in [6, 6.07) is 9.29. The highest BCUT2D eigenvalue weighted by molar-refractivity contribution is 5.50. The summed E-state index contributed by atoms with van der Waals surface area (Å²) in [4.78, 5) is 2.55. The van der Waals surface area contributed by atoms with Gasteiger partial charge in [-0.3, -0.25) is 0 Å². The second-order valence-electron chi connectivity index (χ2n) is 5.50. The monoisotopic (exact) mass is 231 g/mol. The molecule has 1 saturated carbocycles. The molecule has 0 spiro atoms. The summed E-state index contributed by atoms with van der Waals surface area (Å²) < 4.78 is 0. The van der Waals surface area contributed by atoms with Crippen molar-refractivity contribution in [3.8, 4) is 0 Å². The molecule has 17 heavy (non-hydrogen) atoms. The summed E-state index contributed by atoms with van der Waals surface area (Å²) in [6.07, 6.45) is 4.66. The minimum absolute atomic E-state index is 0.306. The van der Waals surface area contributed by atoms with E-state index in [1.54, 1.807) is 0 Å². The molecule has 1 heterocycles. The SMILES string of the molecule is CC[C@H](O)c1ccc(N2CC3CCC2C3)cc1. The Morgan fingerprint density at radius 3 is 2.59 bits per heavy atom. The lowest BCUT2D eigenvalue weighted by atomic mass is 10.1. The van der Waals surface area contributed by atoms with Crippen LogP contribution in [-0.4, -0.2) is 17.7 Å². The molecule has 1 saturated heterocycles. The maximum Gasteiger partial charge on any atom is 0.0787 e. The number of hydrogen-bond acceptors (Lipinski definition) is 2. The van der Waals surface area contributed by atoms with Gasteiger partial charge in [-0.2, -0.15) is 0 Å². The van der Waals surface area contributed by atoms with Crippen molar-refractivity contribution in [2.24, 2.45) is 5.92 Å². The lowest BCUT2D eigenvalue weighted by molar-refractivity contribution is 0.173. The van der Waals surface area contributed by atoms with Crippen LogP contribution in [0.1, 0.15) is 44.3 Å². The molecule has 2 nitrogen and oxygen atoms in total. The zero-order valence-corrected chi connectivity index (χ0v) is 10.5. The Kier molecular flexibility index (Phi) is 2.83. The Morgan fingerprint density at radius 2 is 2.06 bits per heavy atom. The smallest absolute Gasteiger partial charge is 0.0787 e. The highest BCUT2D eigenvalue weighted by Crippen LogP contribution is 2.40. The number of aliphatic hydroxyl groups excluding tert-OH is 1. The van der Waals surface area contributed by atoms with Crippen molar-refractivity contribution >= 4 is 5.69 Å². The van der Waals surface area contributed by atoms with Gasteiger partial charge in [0, 0.05) is 18.3 Å². The van der Waals surface area contributed by atoms with E-state index in [0.717, 1.165) is 23.9 Å². The molecule has 1 aromatic rings. The summed E-state index contributed by atoms with van der Waals surface area (Å²) in [5, 5.41) is 9.78. The molecule has 0 amide bonds. The number of aliphatic hydroxyl groups is 1. The maximum atomic E-state index is 9.78. The molecule has 3 atom stereocenters. The fourth-order valence-corrected chi connectivity index (χ4v) is 3.36. The van der Waals surface area contributed by atoms with Gasteiger partial charge >= 0.3 is 0 Å². The largest absolute Gasteiger partial charge is 0.388 e. The molecule has 1 aliphatic carbocycles. The van der Waals surface area contributed by atoms with E-state index < -0.39 is 0 Å². The van der Waals surface area contributed by atoms with Gasteiger partial charge in [0.15, 0.2) is 0 Å². The van der Waals surface area contributed by atoms with Crippen molar-refractivity contribution in [2.75, 3.05) is 11.4 Å². The molecule has 0 radical (unpaired) electrons. The minimum atomic E-state index is -0.306. The Bertz CT molecular complexity index is 386. The molecule has 92 valence electrons. The van der Waals surface area contributed by atoms with Gasteiger partial charge in [0.2, 0.25) is 0 Å². The van der Waals surface area contributed by atoms with Gasteiger partial charge in [-0.25, -0.2) is 0 Å². The first-order chi connectivity index (χ1) is 8.28. The Morgan fingerprint density at radius 1 is 1.29 bits per heavy atom. The molecule has 1 aromatic carbocycles. The highest BCUT2D eigenvalue weighted by Gasteiger charge is 2.37. The van der Waals surface area contributed by atoms with E-state index in [0.29, 0.717) is 0 Å². The standard InChI is InChI=1S/C15H21NO/c1-2-15(17)12-4-7-13(8-5-12)16-10-11-3-6-14(16)9-11/h4-5,7-8,11,14-15,17H,2-3,6,9-10H2,1H3/t11?,14?,15-/m0/s1. The number of hydrogen-bond donors (Lipinski definition) is 1. The summed E-state index contributed by atoms with van der Waals surface area (Å²) in [7, 11) is 0. The fraction of sp³-hybridized carbons (Fsp3) is 0.600. The van der Waals surface area contributed by atoms with E-state index >= 15 is 0 Å². The van der Waals surface area contributed by atoms with Crippen LogP contribution in [0.25, 0.3) is 0 Å². The molecule has 0 aromatic heterocycles. The van der Waals surface area contributed by atoms with Crippen LogP contribution in [0.15, 0.2) is 24.3 Å². The van der Waals surface area contributed by atoms with Crippen LogP contribution in [0.5, 0.6) is 0 Å². The molecule has 2 heteroatoms. The molecule has 2 aliphatic rings. The predicted molar refractivity (Wildman–Crippen MR) is 70.2 cm³/mol. The molecule has 2 fully saturated rings. The molecule has 2 unspecified atom stereocenters. The van der Waals surface area contributed by atoms with Gasteiger partial charge in [0.05, 0.1) is 6.10 Å². The van der Waals surface area contributed by atoms with Gasteiger partial charge in [-0.1, -0.05) is 19.1 Å². The first-order valence-electron chi connectivity index (χ1n) is 6.82. The Balaban J connectivity index is 1.76. The number of benzene rings is 1. The van der Waals surface area contributed by atoms with Crippen LogP contribution >= 0.6 is 0 Å². The topological polar surface area (TPSA) is 23.5 Å². The highest BCUT2D eigenvalue weighted by atomic mass is 16.3. The van der Waals surface area contributed by atoms with Gasteiger partial charge in [-0.15, -0.1) is 0 Å². The van der Waals surface area contributed by atoms with E-state index in [4.69, 9.17) is 0 Å². The van der Waals surface area contributed by atoms with Gasteiger partial charge in [0.25, 0.3) is 0 Å². The van der Waals surface area contributed by atoms with Crippen molar-refractivity contribution < 1.29 is 5.11 Å². The van der Waals surface area contributed by atoms with E-state index in [9.17, 15) is 5.11 Å². The molecule has 3 rings (SSSR count). The second-order valence-corrected chi connectivity index (χ2v) is 5.50. The van der Waals surface area contributed by atoms with E-state index in [1.807, 2.05) is 6.92 Å². The Labute approximate surface area is 103 Å². The normalized spacial score (nSPS) is 28.7.